The molecule has 0 spiro atoms. The molecular weight excluding hydrogens is 148 g/mol. The van der Waals surface area contributed by atoms with E-state index in [4.69, 9.17) is 0 Å². The Morgan fingerprint density at radius 3 is 1.58 bits per heavy atom. The summed E-state index contributed by atoms with van der Waals surface area (Å²) in [4.78, 5) is 10.1. The average Bonchev–Trinajstić information content (AvgIpc) is 2.20. The van der Waals surface area contributed by atoms with Gasteiger partial charge in [-0.05, 0) is 18.4 Å². The zero-order valence-corrected chi connectivity index (χ0v) is 9.48. The van der Waals surface area contributed by atoms with E-state index in [1.54, 1.807) is 0 Å². The molecule has 0 atom stereocenters. The molecule has 0 radical (unpaired) electrons. The van der Waals surface area contributed by atoms with Crippen molar-refractivity contribution in [1.29, 1.82) is 0 Å². The predicted octanol–water partition coefficient (Wildman–Crippen LogP) is 3.98. The molecule has 0 saturated heterocycles. The summed E-state index contributed by atoms with van der Waals surface area (Å²) in [6, 6.07) is 0. The van der Waals surface area contributed by atoms with Gasteiger partial charge in [0.05, 0.1) is 0 Å². The number of hydrogen-bond donors (Lipinski definition) is 0. The number of aldehydes is 1. The van der Waals surface area contributed by atoms with Crippen LogP contribution in [-0.2, 0) is 4.79 Å². The van der Waals surface area contributed by atoms with Crippen LogP contribution in [-0.4, -0.2) is 6.29 Å². The van der Waals surface area contributed by atoms with Gasteiger partial charge in [0.15, 0.2) is 0 Å². The molecule has 0 rings (SSSR count). The molecule has 0 aromatic carbocycles. The molecule has 1 nitrogen and oxygen atoms in total. The standard InChI is InChI=1S/C7H12O.2C2H6/c1-3-5-7(4-2)6-8;2*1-2/h5-6H,3-4H2,1-2H3;2*1-2H3/b7-5+;;. The van der Waals surface area contributed by atoms with Crippen LogP contribution in [0.1, 0.15) is 54.4 Å². The first kappa shape index (κ1) is 17.5. The van der Waals surface area contributed by atoms with E-state index in [1.807, 2.05) is 47.6 Å². The van der Waals surface area contributed by atoms with Crippen LogP contribution in [0.5, 0.6) is 0 Å². The third kappa shape index (κ3) is 16.2. The first-order valence-electron chi connectivity index (χ1n) is 4.99. The van der Waals surface area contributed by atoms with Gasteiger partial charge in [0.2, 0.25) is 0 Å². The van der Waals surface area contributed by atoms with Crippen molar-refractivity contribution in [1.82, 2.24) is 0 Å². The van der Waals surface area contributed by atoms with Gasteiger partial charge in [-0.2, -0.15) is 0 Å². The Hall–Kier alpha value is -0.590. The van der Waals surface area contributed by atoms with Crippen LogP contribution in [0, 0.1) is 0 Å². The molecule has 0 saturated carbocycles. The van der Waals surface area contributed by atoms with E-state index in [-0.39, 0.29) is 0 Å². The maximum atomic E-state index is 10.1. The minimum atomic E-state index is 0.858. The van der Waals surface area contributed by atoms with Crippen molar-refractivity contribution in [2.75, 3.05) is 0 Å². The molecule has 0 aliphatic carbocycles. The Balaban J connectivity index is -0.000000175. The SMILES string of the molecule is CC.CC.CC/C=C(/C=O)CC. The average molecular weight is 172 g/mol. The lowest BCUT2D eigenvalue weighted by Crippen LogP contribution is -1.79. The fraction of sp³-hybridized carbons (Fsp3) is 0.727. The lowest BCUT2D eigenvalue weighted by atomic mass is 10.2. The summed E-state index contributed by atoms with van der Waals surface area (Å²) in [5.41, 5.74) is 0.910. The fourth-order valence-corrected chi connectivity index (χ4v) is 0.538. The van der Waals surface area contributed by atoms with Crippen molar-refractivity contribution >= 4 is 6.29 Å². The minimum Gasteiger partial charge on any atom is -0.298 e. The van der Waals surface area contributed by atoms with Crippen LogP contribution < -0.4 is 0 Å². The van der Waals surface area contributed by atoms with E-state index in [1.165, 1.54) is 0 Å². The van der Waals surface area contributed by atoms with Crippen LogP contribution in [0.2, 0.25) is 0 Å². The summed E-state index contributed by atoms with van der Waals surface area (Å²) in [7, 11) is 0. The van der Waals surface area contributed by atoms with Gasteiger partial charge in [-0.1, -0.05) is 47.6 Å². The molecule has 0 aliphatic heterocycles. The van der Waals surface area contributed by atoms with Gasteiger partial charge in [0, 0.05) is 0 Å². The zero-order chi connectivity index (χ0) is 10.4. The summed E-state index contributed by atoms with van der Waals surface area (Å²) >= 11 is 0. The maximum Gasteiger partial charge on any atom is 0.145 e. The second-order valence-corrected chi connectivity index (χ2v) is 1.66. The number of carbonyl (C=O) groups is 1. The van der Waals surface area contributed by atoms with Crippen molar-refractivity contribution in [2.45, 2.75) is 54.4 Å². The zero-order valence-electron chi connectivity index (χ0n) is 9.48. The molecule has 0 fully saturated rings. The summed E-state index contributed by atoms with van der Waals surface area (Å²) < 4.78 is 0. The maximum absolute atomic E-state index is 10.1. The largest absolute Gasteiger partial charge is 0.298 e. The number of rotatable bonds is 3. The van der Waals surface area contributed by atoms with E-state index in [0.717, 1.165) is 24.7 Å². The van der Waals surface area contributed by atoms with Crippen LogP contribution in [0.25, 0.3) is 0 Å². The van der Waals surface area contributed by atoms with Gasteiger partial charge >= 0.3 is 0 Å². The molecule has 0 heterocycles. The number of carbonyl (C=O) groups excluding carboxylic acids is 1. The highest BCUT2D eigenvalue weighted by Gasteiger charge is 1.84. The topological polar surface area (TPSA) is 17.1 Å². The molecule has 0 amide bonds. The van der Waals surface area contributed by atoms with Crippen LogP contribution in [0.4, 0.5) is 0 Å². The number of hydrogen-bond acceptors (Lipinski definition) is 1. The second kappa shape index (κ2) is 22.4. The van der Waals surface area contributed by atoms with Crippen molar-refractivity contribution in [3.63, 3.8) is 0 Å². The second-order valence-electron chi connectivity index (χ2n) is 1.66. The molecule has 1 heteroatoms. The van der Waals surface area contributed by atoms with Crippen LogP contribution in [0.15, 0.2) is 11.6 Å². The first-order chi connectivity index (χ1) is 5.85. The van der Waals surface area contributed by atoms with Gasteiger partial charge in [0.25, 0.3) is 0 Å². The molecule has 74 valence electrons. The van der Waals surface area contributed by atoms with Gasteiger partial charge in [-0.3, -0.25) is 4.79 Å². The summed E-state index contributed by atoms with van der Waals surface area (Å²) in [5.74, 6) is 0. The number of allylic oxidation sites excluding steroid dienone is 2. The molecule has 12 heavy (non-hydrogen) atoms. The monoisotopic (exact) mass is 172 g/mol. The summed E-state index contributed by atoms with van der Waals surface area (Å²) in [6.45, 7) is 12.0. The van der Waals surface area contributed by atoms with Gasteiger partial charge < -0.3 is 0 Å². The van der Waals surface area contributed by atoms with E-state index in [0.29, 0.717) is 0 Å². The fourth-order valence-electron chi connectivity index (χ4n) is 0.538. The predicted molar refractivity (Wildman–Crippen MR) is 57.4 cm³/mol. The Morgan fingerprint density at radius 1 is 1.08 bits per heavy atom. The molecule has 0 aliphatic rings. The highest BCUT2D eigenvalue weighted by atomic mass is 16.1. The van der Waals surface area contributed by atoms with Gasteiger partial charge in [-0.15, -0.1) is 0 Å². The van der Waals surface area contributed by atoms with Crippen LogP contribution >= 0.6 is 0 Å². The molecule has 0 N–H and O–H groups in total. The van der Waals surface area contributed by atoms with Crippen molar-refractivity contribution < 1.29 is 4.79 Å². The first-order valence-corrected chi connectivity index (χ1v) is 4.99. The lowest BCUT2D eigenvalue weighted by Gasteiger charge is -1.87. The summed E-state index contributed by atoms with van der Waals surface area (Å²) in [6.07, 6.45) is 4.69. The molecule has 0 aromatic rings. The van der Waals surface area contributed by atoms with Crippen molar-refractivity contribution in [3.8, 4) is 0 Å². The molecule has 0 bridgehead atoms. The van der Waals surface area contributed by atoms with Gasteiger partial charge in [-0.25, -0.2) is 0 Å². The Morgan fingerprint density at radius 2 is 1.50 bits per heavy atom. The minimum absolute atomic E-state index is 0.858. The Labute approximate surface area is 77.9 Å². The smallest absolute Gasteiger partial charge is 0.145 e. The van der Waals surface area contributed by atoms with E-state index in [2.05, 4.69) is 0 Å². The van der Waals surface area contributed by atoms with Crippen molar-refractivity contribution in [3.05, 3.63) is 11.6 Å². The van der Waals surface area contributed by atoms with E-state index < -0.39 is 0 Å². The van der Waals surface area contributed by atoms with Crippen molar-refractivity contribution in [2.24, 2.45) is 0 Å². The quantitative estimate of drug-likeness (QED) is 0.465. The third-order valence-corrected chi connectivity index (χ3v) is 1.03. The molecule has 0 aromatic heterocycles. The van der Waals surface area contributed by atoms with E-state index in [9.17, 15) is 4.79 Å². The highest BCUT2D eigenvalue weighted by Crippen LogP contribution is 1.96. The Kier molecular flexibility index (Phi) is 32.7. The molecular formula is C11H24O. The highest BCUT2D eigenvalue weighted by molar-refractivity contribution is 5.72. The molecule has 0 unspecified atom stereocenters. The normalized spacial score (nSPS) is 8.67. The van der Waals surface area contributed by atoms with Gasteiger partial charge in [0.1, 0.15) is 6.29 Å². The lowest BCUT2D eigenvalue weighted by molar-refractivity contribution is -0.105. The van der Waals surface area contributed by atoms with E-state index >= 15 is 0 Å². The third-order valence-electron chi connectivity index (χ3n) is 1.03. The van der Waals surface area contributed by atoms with Crippen LogP contribution in [0.3, 0.4) is 0 Å². The Bertz CT molecular complexity index is 93.2. The summed E-state index contributed by atoms with van der Waals surface area (Å²) in [5, 5.41) is 0.